The molecule has 3 rings (SSSR count). The Morgan fingerprint density at radius 3 is 2.83 bits per heavy atom. The number of ketones is 1. The van der Waals surface area contributed by atoms with Gasteiger partial charge in [0, 0.05) is 30.6 Å². The molecule has 1 unspecified atom stereocenters. The van der Waals surface area contributed by atoms with Gasteiger partial charge in [0.2, 0.25) is 0 Å². The number of nitrogens with zero attached hydrogens (tertiary/aromatic N) is 1. The number of pyridine rings is 1. The first-order chi connectivity index (χ1) is 11.2. The second kappa shape index (κ2) is 6.63. The summed E-state index contributed by atoms with van der Waals surface area (Å²) in [6.45, 7) is 2.14. The Labute approximate surface area is 137 Å². The average molecular weight is 309 g/mol. The van der Waals surface area contributed by atoms with Crippen molar-refractivity contribution in [1.29, 1.82) is 0 Å². The molecule has 0 bridgehead atoms. The van der Waals surface area contributed by atoms with Crippen molar-refractivity contribution in [3.63, 3.8) is 0 Å². The van der Waals surface area contributed by atoms with E-state index in [0.29, 0.717) is 0 Å². The van der Waals surface area contributed by atoms with E-state index in [1.807, 2.05) is 24.4 Å². The summed E-state index contributed by atoms with van der Waals surface area (Å²) in [5, 5.41) is 0. The predicted octanol–water partition coefficient (Wildman–Crippen LogP) is 4.45. The SMILES string of the molecule is CCCCC1(OC)CCc2ccc(-c3cccnc3)cc2C1=O. The van der Waals surface area contributed by atoms with Gasteiger partial charge in [0.1, 0.15) is 5.60 Å². The molecule has 1 aromatic heterocycles. The van der Waals surface area contributed by atoms with Crippen LogP contribution in [0.2, 0.25) is 0 Å². The van der Waals surface area contributed by atoms with Crippen molar-refractivity contribution >= 4 is 5.78 Å². The third-order valence-electron chi connectivity index (χ3n) is 4.89. The molecule has 3 heteroatoms. The smallest absolute Gasteiger partial charge is 0.194 e. The van der Waals surface area contributed by atoms with Crippen LogP contribution >= 0.6 is 0 Å². The maximum atomic E-state index is 13.1. The molecule has 0 fully saturated rings. The van der Waals surface area contributed by atoms with E-state index in [-0.39, 0.29) is 5.78 Å². The van der Waals surface area contributed by atoms with Crippen LogP contribution in [0.15, 0.2) is 42.7 Å². The first-order valence-electron chi connectivity index (χ1n) is 8.33. The summed E-state index contributed by atoms with van der Waals surface area (Å²) in [5.74, 6) is 0.139. The highest BCUT2D eigenvalue weighted by Crippen LogP contribution is 2.36. The molecule has 1 aliphatic carbocycles. The molecule has 0 spiro atoms. The van der Waals surface area contributed by atoms with Gasteiger partial charge in [0.15, 0.2) is 5.78 Å². The summed E-state index contributed by atoms with van der Waals surface area (Å²) in [7, 11) is 1.67. The number of hydrogen-bond donors (Lipinski definition) is 0. The molecular weight excluding hydrogens is 286 g/mol. The van der Waals surface area contributed by atoms with Gasteiger partial charge in [-0.25, -0.2) is 0 Å². The lowest BCUT2D eigenvalue weighted by atomic mass is 9.76. The molecule has 1 aromatic carbocycles. The second-order valence-corrected chi connectivity index (χ2v) is 6.24. The van der Waals surface area contributed by atoms with E-state index >= 15 is 0 Å². The number of aromatic nitrogens is 1. The van der Waals surface area contributed by atoms with E-state index in [2.05, 4.69) is 24.0 Å². The van der Waals surface area contributed by atoms with E-state index in [9.17, 15) is 4.79 Å². The van der Waals surface area contributed by atoms with Crippen molar-refractivity contribution in [2.24, 2.45) is 0 Å². The van der Waals surface area contributed by atoms with Gasteiger partial charge in [-0.3, -0.25) is 9.78 Å². The van der Waals surface area contributed by atoms with Crippen LogP contribution in [-0.4, -0.2) is 23.5 Å². The number of carbonyl (C=O) groups is 1. The molecule has 1 atom stereocenters. The average Bonchev–Trinajstić information content (AvgIpc) is 2.62. The van der Waals surface area contributed by atoms with E-state index in [0.717, 1.165) is 54.4 Å². The van der Waals surface area contributed by atoms with Gasteiger partial charge in [-0.05, 0) is 42.5 Å². The first-order valence-corrected chi connectivity index (χ1v) is 8.33. The molecule has 1 aliphatic rings. The van der Waals surface area contributed by atoms with E-state index in [1.54, 1.807) is 13.3 Å². The monoisotopic (exact) mass is 309 g/mol. The zero-order valence-electron chi connectivity index (χ0n) is 13.8. The minimum atomic E-state index is -0.642. The fraction of sp³-hybridized carbons (Fsp3) is 0.400. The van der Waals surface area contributed by atoms with Gasteiger partial charge in [-0.1, -0.05) is 38.0 Å². The van der Waals surface area contributed by atoms with Crippen LogP contribution in [0.4, 0.5) is 0 Å². The van der Waals surface area contributed by atoms with Crippen molar-refractivity contribution in [2.75, 3.05) is 7.11 Å². The molecule has 2 aromatic rings. The summed E-state index contributed by atoms with van der Waals surface area (Å²) in [5.41, 5.74) is 3.37. The molecule has 3 nitrogen and oxygen atoms in total. The highest BCUT2D eigenvalue weighted by Gasteiger charge is 2.42. The van der Waals surface area contributed by atoms with Crippen LogP contribution < -0.4 is 0 Å². The summed E-state index contributed by atoms with van der Waals surface area (Å²) in [6.07, 6.45) is 8.14. The molecule has 0 amide bonds. The van der Waals surface area contributed by atoms with E-state index < -0.39 is 5.60 Å². The van der Waals surface area contributed by atoms with Gasteiger partial charge in [0.05, 0.1) is 0 Å². The molecule has 0 saturated heterocycles. The number of ether oxygens (including phenoxy) is 1. The number of rotatable bonds is 5. The number of Topliss-reactive ketones (excluding diaryl/α,β-unsaturated/α-hetero) is 1. The number of aryl methyl sites for hydroxylation is 1. The predicted molar refractivity (Wildman–Crippen MR) is 91.6 cm³/mol. The fourth-order valence-corrected chi connectivity index (χ4v) is 3.41. The minimum Gasteiger partial charge on any atom is -0.370 e. The quantitative estimate of drug-likeness (QED) is 0.819. The first kappa shape index (κ1) is 15.9. The maximum absolute atomic E-state index is 13.1. The largest absolute Gasteiger partial charge is 0.370 e. The fourth-order valence-electron chi connectivity index (χ4n) is 3.41. The lowest BCUT2D eigenvalue weighted by molar-refractivity contribution is -0.0119. The lowest BCUT2D eigenvalue weighted by Gasteiger charge is -2.35. The third kappa shape index (κ3) is 2.93. The highest BCUT2D eigenvalue weighted by atomic mass is 16.5. The van der Waals surface area contributed by atoms with Crippen molar-refractivity contribution in [3.8, 4) is 11.1 Å². The van der Waals surface area contributed by atoms with Crippen molar-refractivity contribution in [1.82, 2.24) is 4.98 Å². The Kier molecular flexibility index (Phi) is 4.58. The number of methoxy groups -OCH3 is 1. The normalized spacial score (nSPS) is 20.3. The summed E-state index contributed by atoms with van der Waals surface area (Å²) in [6, 6.07) is 10.1. The molecule has 0 aliphatic heterocycles. The highest BCUT2D eigenvalue weighted by molar-refractivity contribution is 6.05. The van der Waals surface area contributed by atoms with Crippen molar-refractivity contribution < 1.29 is 9.53 Å². The standard InChI is InChI=1S/C20H23NO2/c1-3-4-10-20(23-2)11-9-15-7-8-16(13-18(15)19(20)22)17-6-5-12-21-14-17/h5-8,12-14H,3-4,9-11H2,1-2H3. The number of benzene rings is 1. The van der Waals surface area contributed by atoms with Gasteiger partial charge < -0.3 is 4.74 Å². The van der Waals surface area contributed by atoms with Crippen LogP contribution in [0.25, 0.3) is 11.1 Å². The number of hydrogen-bond acceptors (Lipinski definition) is 3. The Bertz CT molecular complexity index is 696. The Balaban J connectivity index is 1.99. The summed E-state index contributed by atoms with van der Waals surface area (Å²) in [4.78, 5) is 17.3. The Morgan fingerprint density at radius 1 is 1.26 bits per heavy atom. The summed E-state index contributed by atoms with van der Waals surface area (Å²) >= 11 is 0. The van der Waals surface area contributed by atoms with E-state index in [4.69, 9.17) is 4.74 Å². The van der Waals surface area contributed by atoms with Crippen molar-refractivity contribution in [3.05, 3.63) is 53.9 Å². The van der Waals surface area contributed by atoms with Crippen LogP contribution in [-0.2, 0) is 11.2 Å². The molecule has 1 heterocycles. The van der Waals surface area contributed by atoms with Crippen molar-refractivity contribution in [2.45, 2.75) is 44.6 Å². The number of carbonyl (C=O) groups excluding carboxylic acids is 1. The van der Waals surface area contributed by atoms with Crippen LogP contribution in [0.1, 0.15) is 48.5 Å². The molecule has 120 valence electrons. The molecule has 23 heavy (non-hydrogen) atoms. The number of fused-ring (bicyclic) bond motifs is 1. The van der Waals surface area contributed by atoms with Crippen LogP contribution in [0.3, 0.4) is 0 Å². The second-order valence-electron chi connectivity index (χ2n) is 6.24. The van der Waals surface area contributed by atoms with Gasteiger partial charge >= 0.3 is 0 Å². The third-order valence-corrected chi connectivity index (χ3v) is 4.89. The molecule has 0 N–H and O–H groups in total. The number of unbranched alkanes of at least 4 members (excludes halogenated alkanes) is 1. The Morgan fingerprint density at radius 2 is 2.13 bits per heavy atom. The molecule has 0 saturated carbocycles. The topological polar surface area (TPSA) is 39.2 Å². The van der Waals surface area contributed by atoms with Crippen LogP contribution in [0.5, 0.6) is 0 Å². The zero-order chi connectivity index (χ0) is 16.3. The van der Waals surface area contributed by atoms with Crippen LogP contribution in [0, 0.1) is 0 Å². The van der Waals surface area contributed by atoms with Gasteiger partial charge in [0.25, 0.3) is 0 Å². The Hall–Kier alpha value is -2.00. The summed E-state index contributed by atoms with van der Waals surface area (Å²) < 4.78 is 5.73. The minimum absolute atomic E-state index is 0.139. The van der Waals surface area contributed by atoms with Gasteiger partial charge in [-0.2, -0.15) is 0 Å². The molecule has 0 radical (unpaired) electrons. The zero-order valence-corrected chi connectivity index (χ0v) is 13.8. The lowest BCUT2D eigenvalue weighted by Crippen LogP contribution is -2.44. The van der Waals surface area contributed by atoms with Gasteiger partial charge in [-0.15, -0.1) is 0 Å². The molecular formula is C20H23NO2. The van der Waals surface area contributed by atoms with E-state index in [1.165, 1.54) is 0 Å². The maximum Gasteiger partial charge on any atom is 0.194 e.